The largest absolute Gasteiger partial charge is 0.376 e. The van der Waals surface area contributed by atoms with Crippen LogP contribution in [0.3, 0.4) is 0 Å². The van der Waals surface area contributed by atoms with Gasteiger partial charge in [0.15, 0.2) is 0 Å². The van der Waals surface area contributed by atoms with Gasteiger partial charge in [-0.05, 0) is 19.1 Å². The van der Waals surface area contributed by atoms with Gasteiger partial charge < -0.3 is 10.6 Å². The van der Waals surface area contributed by atoms with E-state index in [0.717, 1.165) is 0 Å². The minimum atomic E-state index is -0.447. The van der Waals surface area contributed by atoms with Gasteiger partial charge in [0.05, 0.1) is 16.9 Å². The average molecular weight is 274 g/mol. The molecule has 0 bridgehead atoms. The number of nitrogens with one attached hydrogen (secondary N) is 2. The van der Waals surface area contributed by atoms with Crippen LogP contribution in [0.5, 0.6) is 0 Å². The van der Waals surface area contributed by atoms with Crippen molar-refractivity contribution < 1.29 is 9.72 Å². The Hall–Kier alpha value is -2.70. The van der Waals surface area contributed by atoms with Crippen molar-refractivity contribution in [2.75, 3.05) is 18.4 Å². The second-order valence-corrected chi connectivity index (χ2v) is 4.12. The van der Waals surface area contributed by atoms with Crippen molar-refractivity contribution in [2.24, 2.45) is 0 Å². The van der Waals surface area contributed by atoms with Gasteiger partial charge in [0, 0.05) is 36.1 Å². The highest BCUT2D eigenvalue weighted by atomic mass is 16.6. The van der Waals surface area contributed by atoms with E-state index in [-0.39, 0.29) is 18.1 Å². The molecule has 1 aromatic carbocycles. The average Bonchev–Trinajstić information content (AvgIpc) is 2.44. The summed E-state index contributed by atoms with van der Waals surface area (Å²) in [6.07, 6.45) is 3.01. The molecule has 2 rings (SSSR count). The summed E-state index contributed by atoms with van der Waals surface area (Å²) in [6, 6.07) is 4.69. The van der Waals surface area contributed by atoms with Gasteiger partial charge in [-0.1, -0.05) is 0 Å². The number of carbonyl (C=O) groups excluding carboxylic acids is 1. The molecule has 1 amide bonds. The third-order valence-electron chi connectivity index (χ3n) is 2.81. The molecule has 20 heavy (non-hydrogen) atoms. The number of fused-ring (bicyclic) bond motifs is 1. The second-order valence-electron chi connectivity index (χ2n) is 4.12. The van der Waals surface area contributed by atoms with Crippen molar-refractivity contribution in [3.05, 3.63) is 40.7 Å². The van der Waals surface area contributed by atoms with Gasteiger partial charge in [-0.2, -0.15) is 0 Å². The summed E-state index contributed by atoms with van der Waals surface area (Å²) >= 11 is 0. The summed E-state index contributed by atoms with van der Waals surface area (Å²) in [5, 5.41) is 17.7. The lowest BCUT2D eigenvalue weighted by Gasteiger charge is -2.09. The predicted octanol–water partition coefficient (Wildman–Crippen LogP) is 1.69. The fourth-order valence-electron chi connectivity index (χ4n) is 1.92. The summed E-state index contributed by atoms with van der Waals surface area (Å²) in [5.74, 6) is -0.131. The normalized spacial score (nSPS) is 10.2. The molecule has 2 N–H and O–H groups in total. The van der Waals surface area contributed by atoms with Gasteiger partial charge in [0.2, 0.25) is 5.91 Å². The molecule has 1 aromatic heterocycles. The molecule has 7 heteroatoms. The molecule has 0 spiro atoms. The van der Waals surface area contributed by atoms with Gasteiger partial charge >= 0.3 is 0 Å². The standard InChI is InChI=1S/C13H14N4O3/c1-2-15-13(18)8-16-11-3-4-12(17(19)20)10-7-14-6-5-9(10)11/h3-7,16H,2,8H2,1H3,(H,15,18). The fraction of sp³-hybridized carbons (Fsp3) is 0.231. The number of likely N-dealkylation sites (N-methyl/N-ethyl adjacent to an activating group) is 1. The Bertz CT molecular complexity index is 657. The summed E-state index contributed by atoms with van der Waals surface area (Å²) in [7, 11) is 0. The van der Waals surface area contributed by atoms with E-state index >= 15 is 0 Å². The highest BCUT2D eigenvalue weighted by Crippen LogP contribution is 2.30. The van der Waals surface area contributed by atoms with E-state index in [4.69, 9.17) is 0 Å². The molecular weight excluding hydrogens is 260 g/mol. The number of rotatable bonds is 5. The van der Waals surface area contributed by atoms with E-state index in [2.05, 4.69) is 15.6 Å². The molecular formula is C13H14N4O3. The zero-order chi connectivity index (χ0) is 14.5. The second kappa shape index (κ2) is 5.96. The number of benzene rings is 1. The molecule has 0 aliphatic carbocycles. The van der Waals surface area contributed by atoms with Crippen molar-refractivity contribution in [3.8, 4) is 0 Å². The van der Waals surface area contributed by atoms with Crippen molar-refractivity contribution in [1.82, 2.24) is 10.3 Å². The summed E-state index contributed by atoms with van der Waals surface area (Å²) in [5.41, 5.74) is 0.663. The number of hydrogen-bond donors (Lipinski definition) is 2. The molecule has 0 saturated carbocycles. The molecule has 1 heterocycles. The van der Waals surface area contributed by atoms with Crippen molar-refractivity contribution >= 4 is 28.1 Å². The predicted molar refractivity (Wildman–Crippen MR) is 75.6 cm³/mol. The van der Waals surface area contributed by atoms with Crippen LogP contribution in [0.2, 0.25) is 0 Å². The monoisotopic (exact) mass is 274 g/mol. The minimum absolute atomic E-state index is 0.00309. The SMILES string of the molecule is CCNC(=O)CNc1ccc([N+](=O)[O-])c2cnccc12. The maximum absolute atomic E-state index is 11.4. The van der Waals surface area contributed by atoms with Crippen molar-refractivity contribution in [1.29, 1.82) is 0 Å². The lowest BCUT2D eigenvalue weighted by molar-refractivity contribution is -0.383. The number of anilines is 1. The topological polar surface area (TPSA) is 97.2 Å². The van der Waals surface area contributed by atoms with Crippen LogP contribution in [0.15, 0.2) is 30.6 Å². The van der Waals surface area contributed by atoms with Crippen LogP contribution in [0.25, 0.3) is 10.8 Å². The van der Waals surface area contributed by atoms with Gasteiger partial charge in [-0.3, -0.25) is 19.9 Å². The quantitative estimate of drug-likeness (QED) is 0.638. The van der Waals surface area contributed by atoms with Gasteiger partial charge in [-0.25, -0.2) is 0 Å². The van der Waals surface area contributed by atoms with E-state index in [9.17, 15) is 14.9 Å². The Morgan fingerprint density at radius 2 is 2.15 bits per heavy atom. The van der Waals surface area contributed by atoms with E-state index in [0.29, 0.717) is 23.0 Å². The lowest BCUT2D eigenvalue weighted by atomic mass is 10.1. The Morgan fingerprint density at radius 3 is 2.85 bits per heavy atom. The zero-order valence-corrected chi connectivity index (χ0v) is 10.9. The molecule has 104 valence electrons. The molecule has 0 fully saturated rings. The Balaban J connectivity index is 2.33. The minimum Gasteiger partial charge on any atom is -0.376 e. The number of aromatic nitrogens is 1. The molecule has 7 nitrogen and oxygen atoms in total. The molecule has 2 aromatic rings. The summed E-state index contributed by atoms with van der Waals surface area (Å²) in [4.78, 5) is 25.9. The smallest absolute Gasteiger partial charge is 0.278 e. The van der Waals surface area contributed by atoms with Gasteiger partial charge in [0.25, 0.3) is 5.69 Å². The van der Waals surface area contributed by atoms with Crippen LogP contribution in [0.4, 0.5) is 11.4 Å². The fourth-order valence-corrected chi connectivity index (χ4v) is 1.92. The highest BCUT2D eigenvalue weighted by Gasteiger charge is 2.14. The summed E-state index contributed by atoms with van der Waals surface area (Å²) < 4.78 is 0. The van der Waals surface area contributed by atoms with Crippen molar-refractivity contribution in [3.63, 3.8) is 0 Å². The van der Waals surface area contributed by atoms with Crippen LogP contribution in [0.1, 0.15) is 6.92 Å². The lowest BCUT2D eigenvalue weighted by Crippen LogP contribution is -2.29. The molecule has 0 radical (unpaired) electrons. The first-order valence-electron chi connectivity index (χ1n) is 6.15. The number of nitrogens with zero attached hydrogens (tertiary/aromatic N) is 2. The van der Waals surface area contributed by atoms with E-state index in [1.54, 1.807) is 18.3 Å². The number of non-ortho nitro benzene ring substituents is 1. The van der Waals surface area contributed by atoms with E-state index in [1.807, 2.05) is 6.92 Å². The summed E-state index contributed by atoms with van der Waals surface area (Å²) in [6.45, 7) is 2.51. The third-order valence-corrected chi connectivity index (χ3v) is 2.81. The van der Waals surface area contributed by atoms with Crippen LogP contribution in [0, 0.1) is 10.1 Å². The van der Waals surface area contributed by atoms with Gasteiger partial charge in [-0.15, -0.1) is 0 Å². The number of nitro groups is 1. The molecule has 0 unspecified atom stereocenters. The van der Waals surface area contributed by atoms with Crippen LogP contribution in [-0.2, 0) is 4.79 Å². The van der Waals surface area contributed by atoms with Crippen LogP contribution in [-0.4, -0.2) is 28.9 Å². The number of carbonyl (C=O) groups is 1. The van der Waals surface area contributed by atoms with Gasteiger partial charge in [0.1, 0.15) is 0 Å². The first-order valence-corrected chi connectivity index (χ1v) is 6.15. The zero-order valence-electron chi connectivity index (χ0n) is 10.9. The van der Waals surface area contributed by atoms with E-state index < -0.39 is 4.92 Å². The maximum Gasteiger partial charge on any atom is 0.278 e. The molecule has 0 aliphatic rings. The number of nitro benzene ring substituents is 1. The molecule has 0 aliphatic heterocycles. The first-order chi connectivity index (χ1) is 9.63. The van der Waals surface area contributed by atoms with Crippen LogP contribution >= 0.6 is 0 Å². The number of pyridine rings is 1. The Kier molecular flexibility index (Phi) is 4.09. The number of amides is 1. The van der Waals surface area contributed by atoms with Crippen LogP contribution < -0.4 is 10.6 Å². The van der Waals surface area contributed by atoms with E-state index in [1.165, 1.54) is 12.3 Å². The van der Waals surface area contributed by atoms with Crippen molar-refractivity contribution in [2.45, 2.75) is 6.92 Å². The number of hydrogen-bond acceptors (Lipinski definition) is 5. The first kappa shape index (κ1) is 13.7. The molecule has 0 saturated heterocycles. The highest BCUT2D eigenvalue weighted by molar-refractivity contribution is 5.99. The molecule has 0 atom stereocenters. The third kappa shape index (κ3) is 2.82. The maximum atomic E-state index is 11.4. The Morgan fingerprint density at radius 1 is 1.35 bits per heavy atom. The Labute approximate surface area is 115 Å².